The van der Waals surface area contributed by atoms with Gasteiger partial charge in [-0.2, -0.15) is 0 Å². The summed E-state index contributed by atoms with van der Waals surface area (Å²) >= 11 is 0. The normalized spacial score (nSPS) is 18.0. The molecule has 0 aliphatic carbocycles. The number of ether oxygens (including phenoxy) is 1. The second-order valence-corrected chi connectivity index (χ2v) is 7.21. The van der Waals surface area contributed by atoms with E-state index >= 15 is 0 Å². The standard InChI is InChI=1S/C17H15NO5S/c1-23-13-7-9-14(10-8-13)24(21,22)18-11-15(16(19)17(18)20)12-5-3-2-4-6-12/h2-10,15H,11H2,1H3/t15-/m0/s1. The number of carbonyl (C=O) groups excluding carboxylic acids is 2. The van der Waals surface area contributed by atoms with Crippen molar-refractivity contribution in [2.75, 3.05) is 13.7 Å². The minimum Gasteiger partial charge on any atom is -0.497 e. The lowest BCUT2D eigenvalue weighted by Gasteiger charge is -2.16. The molecule has 3 rings (SSSR count). The van der Waals surface area contributed by atoms with Crippen LogP contribution in [0.3, 0.4) is 0 Å². The Balaban J connectivity index is 1.93. The second kappa shape index (κ2) is 6.09. The summed E-state index contributed by atoms with van der Waals surface area (Å²) in [5.74, 6) is -1.98. The molecule has 6 nitrogen and oxygen atoms in total. The highest BCUT2D eigenvalue weighted by atomic mass is 32.2. The van der Waals surface area contributed by atoms with E-state index in [1.807, 2.05) is 0 Å². The van der Waals surface area contributed by atoms with Crippen molar-refractivity contribution < 1.29 is 22.7 Å². The molecule has 0 spiro atoms. The number of methoxy groups -OCH3 is 1. The first-order valence-electron chi connectivity index (χ1n) is 7.25. The fraction of sp³-hybridized carbons (Fsp3) is 0.176. The van der Waals surface area contributed by atoms with Gasteiger partial charge in [0.25, 0.3) is 10.0 Å². The van der Waals surface area contributed by atoms with Crippen LogP contribution in [0.25, 0.3) is 0 Å². The number of hydrogen-bond donors (Lipinski definition) is 0. The van der Waals surface area contributed by atoms with E-state index < -0.39 is 27.6 Å². The largest absolute Gasteiger partial charge is 0.497 e. The van der Waals surface area contributed by atoms with Gasteiger partial charge in [0.2, 0.25) is 5.78 Å². The van der Waals surface area contributed by atoms with Gasteiger partial charge in [-0.05, 0) is 29.8 Å². The van der Waals surface area contributed by atoms with Crippen molar-refractivity contribution >= 4 is 21.7 Å². The van der Waals surface area contributed by atoms with Gasteiger partial charge < -0.3 is 4.74 Å². The van der Waals surface area contributed by atoms with Gasteiger partial charge in [0, 0.05) is 0 Å². The van der Waals surface area contributed by atoms with Crippen LogP contribution in [0.4, 0.5) is 0 Å². The number of benzene rings is 2. The molecule has 1 aliphatic heterocycles. The summed E-state index contributed by atoms with van der Waals surface area (Å²) in [5, 5.41) is 0. The fourth-order valence-corrected chi connectivity index (χ4v) is 4.02. The first kappa shape index (κ1) is 16.2. The van der Waals surface area contributed by atoms with Gasteiger partial charge in [-0.3, -0.25) is 9.59 Å². The van der Waals surface area contributed by atoms with Gasteiger partial charge in [0.15, 0.2) is 0 Å². The quantitative estimate of drug-likeness (QED) is 0.786. The summed E-state index contributed by atoms with van der Waals surface area (Å²) in [6.45, 7) is -0.184. The highest BCUT2D eigenvalue weighted by Crippen LogP contribution is 2.30. The van der Waals surface area contributed by atoms with Crippen molar-refractivity contribution in [3.05, 3.63) is 60.2 Å². The Morgan fingerprint density at radius 1 is 1.00 bits per heavy atom. The van der Waals surface area contributed by atoms with Gasteiger partial charge in [0.05, 0.1) is 24.5 Å². The molecule has 0 radical (unpaired) electrons. The van der Waals surface area contributed by atoms with E-state index in [-0.39, 0.29) is 11.4 Å². The molecule has 1 amide bonds. The van der Waals surface area contributed by atoms with Crippen LogP contribution in [0, 0.1) is 0 Å². The van der Waals surface area contributed by atoms with Crippen molar-refractivity contribution in [1.82, 2.24) is 4.31 Å². The SMILES string of the molecule is COc1ccc(S(=O)(=O)N2C[C@@H](c3ccccc3)C(=O)C2=O)cc1. The Kier molecular flexibility index (Phi) is 4.11. The van der Waals surface area contributed by atoms with Crippen LogP contribution in [-0.4, -0.2) is 38.1 Å². The minimum absolute atomic E-state index is 0.0573. The fourth-order valence-electron chi connectivity index (χ4n) is 2.63. The average Bonchev–Trinajstić information content (AvgIpc) is 2.92. The first-order valence-corrected chi connectivity index (χ1v) is 8.69. The van der Waals surface area contributed by atoms with Gasteiger partial charge in [0.1, 0.15) is 5.75 Å². The number of sulfonamides is 1. The maximum atomic E-state index is 12.7. The van der Waals surface area contributed by atoms with Crippen LogP contribution in [0.2, 0.25) is 0 Å². The lowest BCUT2D eigenvalue weighted by Crippen LogP contribution is -2.33. The molecule has 0 N–H and O–H groups in total. The molecule has 0 aromatic heterocycles. The molecule has 1 aliphatic rings. The van der Waals surface area contributed by atoms with Crippen LogP contribution in [-0.2, 0) is 19.6 Å². The summed E-state index contributed by atoms with van der Waals surface area (Å²) in [6.07, 6.45) is 0. The highest BCUT2D eigenvalue weighted by Gasteiger charge is 2.45. The Morgan fingerprint density at radius 2 is 1.62 bits per heavy atom. The molecule has 0 bridgehead atoms. The number of hydrogen-bond acceptors (Lipinski definition) is 5. The monoisotopic (exact) mass is 345 g/mol. The lowest BCUT2D eigenvalue weighted by molar-refractivity contribution is -0.138. The zero-order valence-corrected chi connectivity index (χ0v) is 13.7. The summed E-state index contributed by atoms with van der Waals surface area (Å²) < 4.78 is 31.0. The third kappa shape index (κ3) is 2.67. The van der Waals surface area contributed by atoms with E-state index in [0.717, 1.165) is 0 Å². The maximum Gasteiger partial charge on any atom is 0.304 e. The minimum atomic E-state index is -4.08. The van der Waals surface area contributed by atoms with Gasteiger partial charge >= 0.3 is 5.91 Å². The molecule has 1 atom stereocenters. The Hall–Kier alpha value is -2.67. The summed E-state index contributed by atoms with van der Waals surface area (Å²) in [5.41, 5.74) is 0.628. The Bertz CT molecular complexity index is 875. The van der Waals surface area contributed by atoms with E-state index in [2.05, 4.69) is 0 Å². The van der Waals surface area contributed by atoms with Crippen LogP contribution < -0.4 is 4.74 Å². The van der Waals surface area contributed by atoms with E-state index in [4.69, 9.17) is 4.74 Å². The van der Waals surface area contributed by atoms with Gasteiger partial charge in [-0.1, -0.05) is 30.3 Å². The molecule has 7 heteroatoms. The van der Waals surface area contributed by atoms with Gasteiger partial charge in [-0.15, -0.1) is 0 Å². The van der Waals surface area contributed by atoms with Crippen molar-refractivity contribution in [1.29, 1.82) is 0 Å². The molecule has 1 fully saturated rings. The molecule has 1 heterocycles. The number of amides is 1. The molecular formula is C17H15NO5S. The molecule has 2 aromatic rings. The summed E-state index contributed by atoms with van der Waals surface area (Å²) in [7, 11) is -2.61. The van der Waals surface area contributed by atoms with Crippen LogP contribution in [0.5, 0.6) is 5.75 Å². The van der Waals surface area contributed by atoms with E-state index in [0.29, 0.717) is 15.6 Å². The molecule has 0 saturated carbocycles. The molecular weight excluding hydrogens is 330 g/mol. The molecule has 0 unspecified atom stereocenters. The van der Waals surface area contributed by atoms with Crippen LogP contribution in [0.15, 0.2) is 59.5 Å². The lowest BCUT2D eigenvalue weighted by atomic mass is 9.97. The topological polar surface area (TPSA) is 80.8 Å². The second-order valence-electron chi connectivity index (χ2n) is 5.34. The Morgan fingerprint density at radius 3 is 2.21 bits per heavy atom. The zero-order chi connectivity index (χ0) is 17.3. The van der Waals surface area contributed by atoms with E-state index in [1.165, 1.54) is 31.4 Å². The molecule has 1 saturated heterocycles. The number of nitrogens with zero attached hydrogens (tertiary/aromatic N) is 1. The van der Waals surface area contributed by atoms with E-state index in [9.17, 15) is 18.0 Å². The van der Waals surface area contributed by atoms with Crippen molar-refractivity contribution in [3.8, 4) is 5.75 Å². The smallest absolute Gasteiger partial charge is 0.304 e. The van der Waals surface area contributed by atoms with Gasteiger partial charge in [-0.25, -0.2) is 12.7 Å². The zero-order valence-electron chi connectivity index (χ0n) is 12.9. The third-order valence-electron chi connectivity index (χ3n) is 3.95. The first-order chi connectivity index (χ1) is 11.4. The van der Waals surface area contributed by atoms with E-state index in [1.54, 1.807) is 30.3 Å². The average molecular weight is 345 g/mol. The predicted molar refractivity (Wildman–Crippen MR) is 86.1 cm³/mol. The number of Topliss-reactive ketones (excluding diaryl/α,β-unsaturated/α-hetero) is 1. The Labute approximate surface area is 139 Å². The number of ketones is 1. The molecule has 2 aromatic carbocycles. The summed E-state index contributed by atoms with van der Waals surface area (Å²) in [4.78, 5) is 24.4. The van der Waals surface area contributed by atoms with Crippen molar-refractivity contribution in [3.63, 3.8) is 0 Å². The summed E-state index contributed by atoms with van der Waals surface area (Å²) in [6, 6.07) is 14.4. The highest BCUT2D eigenvalue weighted by molar-refractivity contribution is 7.89. The maximum absolute atomic E-state index is 12.7. The molecule has 124 valence electrons. The van der Waals surface area contributed by atoms with Crippen molar-refractivity contribution in [2.24, 2.45) is 0 Å². The van der Waals surface area contributed by atoms with Crippen LogP contribution >= 0.6 is 0 Å². The van der Waals surface area contributed by atoms with Crippen molar-refractivity contribution in [2.45, 2.75) is 10.8 Å². The predicted octanol–water partition coefficient (Wildman–Crippen LogP) is 1.58. The number of carbonyl (C=O) groups is 2. The van der Waals surface area contributed by atoms with Crippen LogP contribution in [0.1, 0.15) is 11.5 Å². The molecule has 24 heavy (non-hydrogen) atoms. The number of rotatable bonds is 4. The third-order valence-corrected chi connectivity index (χ3v) is 5.71.